The smallest absolute Gasteiger partial charge is 0.348 e. The number of nitrogens with zero attached hydrogens (tertiary/aromatic N) is 2. The number of thiophene rings is 1. The lowest BCUT2D eigenvalue weighted by atomic mass is 10.2. The highest BCUT2D eigenvalue weighted by molar-refractivity contribution is 8.01. The van der Waals surface area contributed by atoms with Gasteiger partial charge in [-0.25, -0.2) is 9.78 Å². The predicted octanol–water partition coefficient (Wildman–Crippen LogP) is 4.45. The minimum Gasteiger partial charge on any atom is -0.462 e. The summed E-state index contributed by atoms with van der Waals surface area (Å²) in [6.07, 6.45) is 0. The number of thioether (sulfide) groups is 1. The minimum absolute atomic E-state index is 0.163. The molecular formula is C18H15N3O3S3. The summed E-state index contributed by atoms with van der Waals surface area (Å²) in [5.74, 6) is -0.579. The molecule has 2 heterocycles. The van der Waals surface area contributed by atoms with Gasteiger partial charge < -0.3 is 10.1 Å². The van der Waals surface area contributed by atoms with E-state index < -0.39 is 5.97 Å². The van der Waals surface area contributed by atoms with Gasteiger partial charge in [0, 0.05) is 0 Å². The van der Waals surface area contributed by atoms with E-state index in [1.165, 1.54) is 23.1 Å². The molecule has 138 valence electrons. The zero-order chi connectivity index (χ0) is 19.4. The number of hydrogen-bond donors (Lipinski definition) is 1. The quantitative estimate of drug-likeness (QED) is 0.471. The first kappa shape index (κ1) is 19.4. The molecule has 0 spiro atoms. The van der Waals surface area contributed by atoms with Crippen molar-refractivity contribution in [3.8, 4) is 6.07 Å². The summed E-state index contributed by atoms with van der Waals surface area (Å²) in [5.41, 5.74) is 1.72. The molecule has 9 heteroatoms. The Bertz CT molecular complexity index is 1020. The van der Waals surface area contributed by atoms with Crippen molar-refractivity contribution in [1.82, 2.24) is 4.98 Å². The minimum atomic E-state index is -0.485. The summed E-state index contributed by atoms with van der Waals surface area (Å²) in [4.78, 5) is 29.1. The molecule has 3 rings (SSSR count). The predicted molar refractivity (Wildman–Crippen MR) is 109 cm³/mol. The fourth-order valence-corrected chi connectivity index (χ4v) is 5.27. The third-order valence-corrected chi connectivity index (χ3v) is 6.94. The second kappa shape index (κ2) is 8.52. The first-order chi connectivity index (χ1) is 13.0. The molecule has 0 aliphatic carbocycles. The topological polar surface area (TPSA) is 92.1 Å². The molecule has 1 N–H and O–H groups in total. The molecule has 2 aromatic heterocycles. The van der Waals surface area contributed by atoms with Crippen molar-refractivity contribution in [1.29, 1.82) is 5.26 Å². The van der Waals surface area contributed by atoms with E-state index in [4.69, 9.17) is 4.74 Å². The SMILES string of the molecule is CCOC(=O)c1sc(NC(=O)CSc2nc3ccccc3s2)c(C#N)c1C. The molecule has 0 saturated carbocycles. The maximum atomic E-state index is 12.3. The number of benzene rings is 1. The van der Waals surface area contributed by atoms with Crippen molar-refractivity contribution in [3.05, 3.63) is 40.3 Å². The first-order valence-corrected chi connectivity index (χ1v) is 10.6. The van der Waals surface area contributed by atoms with Gasteiger partial charge in [-0.3, -0.25) is 4.79 Å². The van der Waals surface area contributed by atoms with Crippen molar-refractivity contribution in [2.24, 2.45) is 0 Å². The number of amides is 1. The first-order valence-electron chi connectivity index (χ1n) is 8.02. The molecule has 0 fully saturated rings. The fourth-order valence-electron chi connectivity index (χ4n) is 2.33. The molecule has 0 unspecified atom stereocenters. The monoisotopic (exact) mass is 417 g/mol. The molecule has 1 amide bonds. The average molecular weight is 418 g/mol. The molecule has 0 bridgehead atoms. The molecule has 0 radical (unpaired) electrons. The Labute approximate surface area is 168 Å². The van der Waals surface area contributed by atoms with E-state index in [-0.39, 0.29) is 18.3 Å². The molecular weight excluding hydrogens is 402 g/mol. The number of para-hydroxylation sites is 1. The average Bonchev–Trinajstić information content (AvgIpc) is 3.20. The number of carbonyl (C=O) groups is 2. The van der Waals surface area contributed by atoms with E-state index in [9.17, 15) is 14.9 Å². The van der Waals surface area contributed by atoms with E-state index in [2.05, 4.69) is 10.3 Å². The number of ether oxygens (including phenoxy) is 1. The van der Waals surface area contributed by atoms with E-state index in [1.807, 2.05) is 30.3 Å². The Balaban J connectivity index is 1.69. The maximum Gasteiger partial charge on any atom is 0.348 e. The molecule has 0 aliphatic heterocycles. The second-order valence-corrected chi connectivity index (χ2v) is 8.65. The zero-order valence-electron chi connectivity index (χ0n) is 14.6. The number of anilines is 1. The van der Waals surface area contributed by atoms with E-state index in [0.717, 1.165) is 25.9 Å². The van der Waals surface area contributed by atoms with Crippen LogP contribution in [0.2, 0.25) is 0 Å². The van der Waals surface area contributed by atoms with Crippen molar-refractivity contribution in [3.63, 3.8) is 0 Å². The third kappa shape index (κ3) is 4.30. The van der Waals surface area contributed by atoms with Crippen LogP contribution in [0, 0.1) is 18.3 Å². The number of carbonyl (C=O) groups excluding carboxylic acids is 2. The van der Waals surface area contributed by atoms with Gasteiger partial charge in [0.25, 0.3) is 0 Å². The van der Waals surface area contributed by atoms with Crippen LogP contribution in [0.25, 0.3) is 10.2 Å². The van der Waals surface area contributed by atoms with Gasteiger partial charge >= 0.3 is 5.97 Å². The van der Waals surface area contributed by atoms with Gasteiger partial charge in [0.15, 0.2) is 4.34 Å². The van der Waals surface area contributed by atoms with Crippen molar-refractivity contribution in [2.75, 3.05) is 17.7 Å². The number of nitrogens with one attached hydrogen (secondary N) is 1. The summed E-state index contributed by atoms with van der Waals surface area (Å²) in [5, 5.41) is 12.5. The number of nitriles is 1. The summed E-state index contributed by atoms with van der Waals surface area (Å²) < 4.78 is 6.88. The number of hydrogen-bond acceptors (Lipinski definition) is 8. The van der Waals surface area contributed by atoms with Crippen LogP contribution in [-0.4, -0.2) is 29.2 Å². The van der Waals surface area contributed by atoms with Gasteiger partial charge in [0.1, 0.15) is 15.9 Å². The highest BCUT2D eigenvalue weighted by Crippen LogP contribution is 2.34. The normalized spacial score (nSPS) is 10.6. The van der Waals surface area contributed by atoms with Crippen LogP contribution in [0.4, 0.5) is 5.00 Å². The molecule has 6 nitrogen and oxygen atoms in total. The van der Waals surface area contributed by atoms with E-state index in [1.54, 1.807) is 13.8 Å². The fraction of sp³-hybridized carbons (Fsp3) is 0.222. The molecule has 3 aromatic rings. The van der Waals surface area contributed by atoms with Crippen LogP contribution < -0.4 is 5.32 Å². The van der Waals surface area contributed by atoms with E-state index >= 15 is 0 Å². The number of thiazole rings is 1. The Morgan fingerprint density at radius 1 is 1.33 bits per heavy atom. The summed E-state index contributed by atoms with van der Waals surface area (Å²) in [6.45, 7) is 3.64. The molecule has 0 atom stereocenters. The highest BCUT2D eigenvalue weighted by Gasteiger charge is 2.22. The number of fused-ring (bicyclic) bond motifs is 1. The number of esters is 1. The highest BCUT2D eigenvalue weighted by atomic mass is 32.2. The Morgan fingerprint density at radius 3 is 2.81 bits per heavy atom. The molecule has 27 heavy (non-hydrogen) atoms. The second-order valence-electron chi connectivity index (χ2n) is 5.38. The number of aromatic nitrogens is 1. The Morgan fingerprint density at radius 2 is 2.11 bits per heavy atom. The Kier molecular flexibility index (Phi) is 6.11. The maximum absolute atomic E-state index is 12.3. The summed E-state index contributed by atoms with van der Waals surface area (Å²) in [7, 11) is 0. The molecule has 1 aromatic carbocycles. The van der Waals surface area contributed by atoms with Gasteiger partial charge in [-0.1, -0.05) is 23.9 Å². The molecule has 0 aliphatic rings. The van der Waals surface area contributed by atoms with Gasteiger partial charge in [-0.2, -0.15) is 5.26 Å². The van der Waals surface area contributed by atoms with Gasteiger partial charge in [0.05, 0.1) is 28.1 Å². The summed E-state index contributed by atoms with van der Waals surface area (Å²) in [6, 6.07) is 9.84. The van der Waals surface area contributed by atoms with Crippen molar-refractivity contribution < 1.29 is 14.3 Å². The zero-order valence-corrected chi connectivity index (χ0v) is 17.0. The lowest BCUT2D eigenvalue weighted by Gasteiger charge is -2.01. The number of rotatable bonds is 6. The Hall–Kier alpha value is -2.41. The van der Waals surface area contributed by atoms with Crippen LogP contribution in [0.1, 0.15) is 27.7 Å². The van der Waals surface area contributed by atoms with Crippen LogP contribution >= 0.6 is 34.4 Å². The van der Waals surface area contributed by atoms with Crippen molar-refractivity contribution in [2.45, 2.75) is 18.2 Å². The largest absolute Gasteiger partial charge is 0.462 e. The summed E-state index contributed by atoms with van der Waals surface area (Å²) >= 11 is 3.93. The standard InChI is InChI=1S/C18H15N3O3S3/c1-3-24-17(23)15-10(2)11(8-19)16(27-15)21-14(22)9-25-18-20-12-6-4-5-7-13(12)26-18/h4-7H,3,9H2,1-2H3,(H,21,22). The van der Waals surface area contributed by atoms with Crippen molar-refractivity contribution >= 4 is 61.5 Å². The van der Waals surface area contributed by atoms with Crippen LogP contribution in [0.15, 0.2) is 28.6 Å². The van der Waals surface area contributed by atoms with Crippen LogP contribution in [0.3, 0.4) is 0 Å². The van der Waals surface area contributed by atoms with Gasteiger partial charge in [-0.15, -0.1) is 22.7 Å². The molecule has 0 saturated heterocycles. The lowest BCUT2D eigenvalue weighted by Crippen LogP contribution is -2.13. The van der Waals surface area contributed by atoms with Gasteiger partial charge in [-0.05, 0) is 31.5 Å². The third-order valence-electron chi connectivity index (χ3n) is 3.57. The van der Waals surface area contributed by atoms with E-state index in [0.29, 0.717) is 21.0 Å². The lowest BCUT2D eigenvalue weighted by molar-refractivity contribution is -0.113. The van der Waals surface area contributed by atoms with Crippen LogP contribution in [0.5, 0.6) is 0 Å². The van der Waals surface area contributed by atoms with Gasteiger partial charge in [0.2, 0.25) is 5.91 Å². The van der Waals surface area contributed by atoms with Crippen LogP contribution in [-0.2, 0) is 9.53 Å².